The normalized spacial score (nSPS) is 12.8. The van der Waals surface area contributed by atoms with Crippen molar-refractivity contribution in [2.45, 2.75) is 20.8 Å². The first-order valence-corrected chi connectivity index (χ1v) is 3.48. The molecule has 0 aliphatic heterocycles. The molecule has 3 N–H and O–H groups in total. The lowest BCUT2D eigenvalue weighted by atomic mass is 9.90. The van der Waals surface area contributed by atoms with E-state index in [0.717, 1.165) is 5.71 Å². The van der Waals surface area contributed by atoms with Gasteiger partial charge in [-0.25, -0.2) is 0 Å². The Labute approximate surface area is 67.5 Å². The Hall–Kier alpha value is -1.06. The van der Waals surface area contributed by atoms with Crippen molar-refractivity contribution in [2.24, 2.45) is 21.5 Å². The zero-order valence-corrected chi connectivity index (χ0v) is 7.39. The minimum Gasteiger partial charge on any atom is -0.323 e. The van der Waals surface area contributed by atoms with E-state index in [0.29, 0.717) is 6.54 Å². The van der Waals surface area contributed by atoms with E-state index in [1.807, 2.05) is 20.8 Å². The van der Waals surface area contributed by atoms with Crippen molar-refractivity contribution in [3.63, 3.8) is 0 Å². The maximum absolute atomic E-state index is 5.19. The lowest BCUT2D eigenvalue weighted by molar-refractivity contribution is 0.571. The van der Waals surface area contributed by atoms with E-state index >= 15 is 0 Å². The van der Waals surface area contributed by atoms with Gasteiger partial charge in [-0.15, -0.1) is 0 Å². The van der Waals surface area contributed by atoms with Gasteiger partial charge in [0.15, 0.2) is 0 Å². The Balaban J connectivity index is 4.09. The Morgan fingerprint density at radius 1 is 1.55 bits per heavy atom. The second kappa shape index (κ2) is 3.95. The topological polar surface area (TPSA) is 62.8 Å². The number of hydrogen-bond acceptors (Lipinski definition) is 4. The summed E-state index contributed by atoms with van der Waals surface area (Å²) in [6.07, 6.45) is 0. The van der Waals surface area contributed by atoms with Gasteiger partial charge >= 0.3 is 0 Å². The van der Waals surface area contributed by atoms with E-state index in [1.54, 1.807) is 0 Å². The Morgan fingerprint density at radius 3 is 2.36 bits per heavy atom. The first kappa shape index (κ1) is 9.94. The van der Waals surface area contributed by atoms with Gasteiger partial charge in [0.05, 0.1) is 12.3 Å². The first-order valence-electron chi connectivity index (χ1n) is 3.48. The highest BCUT2D eigenvalue weighted by molar-refractivity contribution is 5.90. The van der Waals surface area contributed by atoms with Crippen LogP contribution in [-0.2, 0) is 0 Å². The summed E-state index contributed by atoms with van der Waals surface area (Å²) in [7, 11) is 0. The standard InChI is InChI=1S/C7H16N4/c1-7(2,3)6(11-8)5-10-9-4/h10H,4-5,8H2,1-3H3/b11-6+. The third-order valence-corrected chi connectivity index (χ3v) is 1.38. The summed E-state index contributed by atoms with van der Waals surface area (Å²) < 4.78 is 0. The molecule has 0 bridgehead atoms. The van der Waals surface area contributed by atoms with E-state index in [2.05, 4.69) is 22.3 Å². The average molecular weight is 156 g/mol. The average Bonchev–Trinajstić information content (AvgIpc) is 1.87. The summed E-state index contributed by atoms with van der Waals surface area (Å²) in [5.41, 5.74) is 3.58. The molecular formula is C7H16N4. The van der Waals surface area contributed by atoms with Crippen molar-refractivity contribution in [1.82, 2.24) is 5.43 Å². The van der Waals surface area contributed by atoms with E-state index < -0.39 is 0 Å². The predicted octanol–water partition coefficient (Wildman–Crippen LogP) is 0.552. The Bertz CT molecular complexity index is 154. The SMILES string of the molecule is C=NNC/C(=N\N)C(C)(C)C. The van der Waals surface area contributed by atoms with Gasteiger partial charge in [-0.3, -0.25) is 0 Å². The van der Waals surface area contributed by atoms with Crippen LogP contribution in [0.25, 0.3) is 0 Å². The molecule has 0 heterocycles. The molecule has 0 amide bonds. The molecule has 0 aliphatic rings. The summed E-state index contributed by atoms with van der Waals surface area (Å²) in [5.74, 6) is 5.19. The van der Waals surface area contributed by atoms with E-state index in [-0.39, 0.29) is 5.41 Å². The fraction of sp³-hybridized carbons (Fsp3) is 0.714. The van der Waals surface area contributed by atoms with Crippen LogP contribution < -0.4 is 11.3 Å². The van der Waals surface area contributed by atoms with Crippen molar-refractivity contribution < 1.29 is 0 Å². The van der Waals surface area contributed by atoms with Gasteiger partial charge in [0.1, 0.15) is 0 Å². The third-order valence-electron chi connectivity index (χ3n) is 1.38. The first-order chi connectivity index (χ1) is 5.02. The second-order valence-corrected chi connectivity index (χ2v) is 3.32. The van der Waals surface area contributed by atoms with Crippen LogP contribution >= 0.6 is 0 Å². The predicted molar refractivity (Wildman–Crippen MR) is 48.6 cm³/mol. The van der Waals surface area contributed by atoms with Crippen LogP contribution in [0.2, 0.25) is 0 Å². The molecule has 0 fully saturated rings. The van der Waals surface area contributed by atoms with Gasteiger partial charge < -0.3 is 11.3 Å². The number of rotatable bonds is 3. The zero-order chi connectivity index (χ0) is 8.91. The summed E-state index contributed by atoms with van der Waals surface area (Å²) in [4.78, 5) is 0. The highest BCUT2D eigenvalue weighted by atomic mass is 15.3. The highest BCUT2D eigenvalue weighted by Gasteiger charge is 2.17. The number of hydrogen-bond donors (Lipinski definition) is 2. The zero-order valence-electron chi connectivity index (χ0n) is 7.39. The molecule has 64 valence electrons. The quantitative estimate of drug-likeness (QED) is 0.356. The molecule has 0 aromatic rings. The molecule has 0 unspecified atom stereocenters. The molecule has 0 rings (SSSR count). The highest BCUT2D eigenvalue weighted by Crippen LogP contribution is 2.14. The summed E-state index contributed by atoms with van der Waals surface area (Å²) in [6.45, 7) is 9.99. The number of hydrazone groups is 2. The van der Waals surface area contributed by atoms with Crippen LogP contribution in [0.4, 0.5) is 0 Å². The number of nitrogens with zero attached hydrogens (tertiary/aromatic N) is 2. The third kappa shape index (κ3) is 3.60. The smallest absolute Gasteiger partial charge is 0.0735 e. The van der Waals surface area contributed by atoms with Gasteiger partial charge in [0.25, 0.3) is 0 Å². The van der Waals surface area contributed by atoms with Crippen LogP contribution in [0.15, 0.2) is 10.2 Å². The summed E-state index contributed by atoms with van der Waals surface area (Å²) >= 11 is 0. The molecular weight excluding hydrogens is 140 g/mol. The van der Waals surface area contributed by atoms with Gasteiger partial charge in [0, 0.05) is 12.1 Å². The molecule has 0 radical (unpaired) electrons. The molecule has 4 nitrogen and oxygen atoms in total. The van der Waals surface area contributed by atoms with E-state index in [4.69, 9.17) is 5.84 Å². The maximum atomic E-state index is 5.19. The number of nitrogens with one attached hydrogen (secondary N) is 1. The fourth-order valence-electron chi connectivity index (χ4n) is 0.635. The molecule has 0 aromatic carbocycles. The van der Waals surface area contributed by atoms with Gasteiger partial charge in [-0.2, -0.15) is 10.2 Å². The Morgan fingerprint density at radius 2 is 2.09 bits per heavy atom. The van der Waals surface area contributed by atoms with Crippen molar-refractivity contribution in [1.29, 1.82) is 0 Å². The van der Waals surface area contributed by atoms with E-state index in [9.17, 15) is 0 Å². The van der Waals surface area contributed by atoms with E-state index in [1.165, 1.54) is 0 Å². The minimum absolute atomic E-state index is 0.00750. The lowest BCUT2D eigenvalue weighted by Crippen LogP contribution is -2.30. The molecule has 0 saturated heterocycles. The number of nitrogens with two attached hydrogens (primary N) is 1. The Kier molecular flexibility index (Phi) is 3.57. The van der Waals surface area contributed by atoms with Crippen molar-refractivity contribution in [3.05, 3.63) is 0 Å². The molecule has 0 saturated carbocycles. The largest absolute Gasteiger partial charge is 0.323 e. The van der Waals surface area contributed by atoms with Crippen molar-refractivity contribution in [3.8, 4) is 0 Å². The van der Waals surface area contributed by atoms with Crippen LogP contribution in [0.5, 0.6) is 0 Å². The van der Waals surface area contributed by atoms with Crippen LogP contribution in [0.3, 0.4) is 0 Å². The summed E-state index contributed by atoms with van der Waals surface area (Å²) in [6, 6.07) is 0. The maximum Gasteiger partial charge on any atom is 0.0735 e. The van der Waals surface area contributed by atoms with Crippen LogP contribution in [0, 0.1) is 5.41 Å². The molecule has 0 aliphatic carbocycles. The molecule has 0 atom stereocenters. The van der Waals surface area contributed by atoms with Crippen LogP contribution in [0.1, 0.15) is 20.8 Å². The fourth-order valence-corrected chi connectivity index (χ4v) is 0.635. The van der Waals surface area contributed by atoms with Crippen LogP contribution in [-0.4, -0.2) is 19.0 Å². The van der Waals surface area contributed by atoms with Gasteiger partial charge in [0.2, 0.25) is 0 Å². The van der Waals surface area contributed by atoms with Gasteiger partial charge in [-0.1, -0.05) is 20.8 Å². The van der Waals surface area contributed by atoms with Gasteiger partial charge in [-0.05, 0) is 0 Å². The molecule has 0 spiro atoms. The molecule has 11 heavy (non-hydrogen) atoms. The molecule has 4 heteroatoms. The summed E-state index contributed by atoms with van der Waals surface area (Å²) in [5, 5.41) is 7.16. The monoisotopic (exact) mass is 156 g/mol. The lowest BCUT2D eigenvalue weighted by Gasteiger charge is -2.19. The second-order valence-electron chi connectivity index (χ2n) is 3.32. The molecule has 0 aromatic heterocycles. The minimum atomic E-state index is -0.00750. The van der Waals surface area contributed by atoms with Crippen molar-refractivity contribution >= 4 is 12.4 Å². The van der Waals surface area contributed by atoms with Crippen molar-refractivity contribution in [2.75, 3.05) is 6.54 Å².